The molecule has 0 fully saturated rings. The van der Waals surface area contributed by atoms with Gasteiger partial charge in [0.1, 0.15) is 6.15 Å². The number of ether oxygens (including phenoxy) is 1. The molecule has 0 amide bonds. The lowest BCUT2D eigenvalue weighted by Crippen LogP contribution is -2.74. The summed E-state index contributed by atoms with van der Waals surface area (Å²) in [6.07, 6.45) is 16.8. The van der Waals surface area contributed by atoms with Crippen LogP contribution >= 0.6 is 0 Å². The van der Waals surface area contributed by atoms with Gasteiger partial charge in [-0.15, -0.1) is 0 Å². The Balaban J connectivity index is 0.000000252. The van der Waals surface area contributed by atoms with Crippen LogP contribution in [0.25, 0.3) is 0 Å². The third-order valence-corrected chi connectivity index (χ3v) is 8.91. The number of carbonyl (C=O) groups excluding carboxylic acids is 1. The number of hydrogen-bond acceptors (Lipinski definition) is 2. The fourth-order valence-corrected chi connectivity index (χ4v) is 6.51. The number of methoxy groups -OCH3 is 1. The molecule has 4 rings (SSSR count). The highest BCUT2D eigenvalue weighted by molar-refractivity contribution is 7.19. The smallest absolute Gasteiger partial charge is 0.305 e. The molecule has 234 valence electrons. The van der Waals surface area contributed by atoms with Crippen LogP contribution in [0.5, 0.6) is 0 Å². The second-order valence-corrected chi connectivity index (χ2v) is 12.1. The van der Waals surface area contributed by atoms with E-state index in [0.29, 0.717) is 6.42 Å². The van der Waals surface area contributed by atoms with Gasteiger partial charge in [-0.3, -0.25) is 4.79 Å². The van der Waals surface area contributed by atoms with Crippen molar-refractivity contribution < 1.29 is 9.53 Å². The van der Waals surface area contributed by atoms with E-state index in [1.165, 1.54) is 106 Å². The summed E-state index contributed by atoms with van der Waals surface area (Å²) in [5.74, 6) is -0.0666. The summed E-state index contributed by atoms with van der Waals surface area (Å²) in [6, 6.07) is 43.5. The average molecular weight is 590 g/mol. The lowest BCUT2D eigenvalue weighted by atomic mass is 9.13. The zero-order chi connectivity index (χ0) is 31.1. The molecule has 0 aliphatic rings. The number of unbranched alkanes of at least 4 members (excludes halogenated alkanes) is 12. The quantitative estimate of drug-likeness (QED) is 0.0659. The minimum Gasteiger partial charge on any atom is -0.469 e. The highest BCUT2D eigenvalue weighted by Crippen LogP contribution is 2.13. The fourth-order valence-electron chi connectivity index (χ4n) is 6.51. The molecule has 0 radical (unpaired) electrons. The van der Waals surface area contributed by atoms with Crippen LogP contribution in [0.2, 0.25) is 0 Å². The molecule has 3 heteroatoms. The maximum atomic E-state index is 10.9. The largest absolute Gasteiger partial charge is 0.469 e. The highest BCUT2D eigenvalue weighted by Gasteiger charge is 2.31. The van der Waals surface area contributed by atoms with E-state index in [9.17, 15) is 4.79 Å². The summed E-state index contributed by atoms with van der Waals surface area (Å²) in [5.41, 5.74) is 5.36. The van der Waals surface area contributed by atoms with Crippen LogP contribution in [-0.4, -0.2) is 19.2 Å². The molecule has 0 saturated heterocycles. The second kappa shape index (κ2) is 21.2. The zero-order valence-corrected chi connectivity index (χ0v) is 27.3. The Labute approximate surface area is 268 Å². The van der Waals surface area contributed by atoms with Gasteiger partial charge in [0, 0.05) is 6.42 Å². The van der Waals surface area contributed by atoms with Crippen molar-refractivity contribution in [2.24, 2.45) is 0 Å². The lowest BCUT2D eigenvalue weighted by molar-refractivity contribution is -0.140. The Bertz CT molecular complexity index is 1100. The summed E-state index contributed by atoms with van der Waals surface area (Å²) < 4.78 is 4.62. The maximum Gasteiger partial charge on any atom is 0.305 e. The van der Waals surface area contributed by atoms with Gasteiger partial charge in [-0.2, -0.15) is 21.9 Å². The van der Waals surface area contributed by atoms with E-state index in [-0.39, 0.29) is 5.97 Å². The van der Waals surface area contributed by atoms with Crippen LogP contribution in [0.3, 0.4) is 0 Å². The molecule has 0 N–H and O–H groups in total. The van der Waals surface area contributed by atoms with Gasteiger partial charge < -0.3 is 4.74 Å². The molecule has 44 heavy (non-hydrogen) atoms. The fraction of sp³-hybridized carbons (Fsp3) is 0.390. The minimum atomic E-state index is -1.22. The van der Waals surface area contributed by atoms with E-state index in [4.69, 9.17) is 0 Å². The summed E-state index contributed by atoms with van der Waals surface area (Å²) in [7, 11) is 1.46. The highest BCUT2D eigenvalue weighted by atomic mass is 16.5. The molecular weight excluding hydrogens is 535 g/mol. The molecule has 4 aromatic rings. The molecule has 0 saturated carbocycles. The molecule has 4 aromatic carbocycles. The van der Waals surface area contributed by atoms with Crippen molar-refractivity contribution in [1.29, 1.82) is 0 Å². The van der Waals surface area contributed by atoms with Gasteiger partial charge in [0.25, 0.3) is 0 Å². The first-order chi connectivity index (χ1) is 21.7. The molecule has 0 unspecified atom stereocenters. The van der Waals surface area contributed by atoms with Crippen molar-refractivity contribution in [2.45, 2.75) is 96.8 Å². The first kappa shape index (κ1) is 34.9. The zero-order valence-electron chi connectivity index (χ0n) is 27.3. The Kier molecular flexibility index (Phi) is 16.8. The van der Waals surface area contributed by atoms with Crippen molar-refractivity contribution in [3.63, 3.8) is 0 Å². The Morgan fingerprint density at radius 3 is 1.00 bits per heavy atom. The van der Waals surface area contributed by atoms with Crippen LogP contribution in [0.4, 0.5) is 0 Å². The predicted molar refractivity (Wildman–Crippen MR) is 192 cm³/mol. The number of rotatable bonds is 18. The monoisotopic (exact) mass is 589 g/mol. The van der Waals surface area contributed by atoms with Gasteiger partial charge in [-0.05, 0) is 6.42 Å². The van der Waals surface area contributed by atoms with E-state index >= 15 is 0 Å². The number of hydrogen-bond donors (Lipinski definition) is 0. The number of carbonyl (C=O) groups is 1. The molecule has 0 spiro atoms. The first-order valence-corrected chi connectivity index (χ1v) is 17.2. The number of esters is 1. The van der Waals surface area contributed by atoms with Crippen molar-refractivity contribution in [3.05, 3.63) is 121 Å². The maximum absolute atomic E-state index is 10.9. The van der Waals surface area contributed by atoms with Crippen LogP contribution in [-0.2, 0) is 9.53 Å². The molecular formula is C41H54BO2-. The van der Waals surface area contributed by atoms with Gasteiger partial charge in [0.15, 0.2) is 0 Å². The molecule has 0 aliphatic carbocycles. The minimum absolute atomic E-state index is 0.0666. The van der Waals surface area contributed by atoms with Gasteiger partial charge in [0.2, 0.25) is 0 Å². The van der Waals surface area contributed by atoms with E-state index in [0.717, 1.165) is 6.42 Å². The van der Waals surface area contributed by atoms with Gasteiger partial charge >= 0.3 is 5.97 Å². The molecule has 0 aliphatic heterocycles. The standard InChI is InChI=1S/C24H20B.C17H34O2/c1-5-13-21(14-6-1)25(22-15-7-2-8-16-22,23-17-9-3-10-18-23)24-19-11-4-12-20-24;1-3-4-5-6-7-8-9-10-11-12-13-14-15-16-17(18)19-2/h1-20H;3-16H2,1-2H3/q-1;. The van der Waals surface area contributed by atoms with Crippen molar-refractivity contribution in [2.75, 3.05) is 7.11 Å². The van der Waals surface area contributed by atoms with E-state index < -0.39 is 6.15 Å². The van der Waals surface area contributed by atoms with E-state index in [1.54, 1.807) is 0 Å². The van der Waals surface area contributed by atoms with E-state index in [1.807, 2.05) is 0 Å². The van der Waals surface area contributed by atoms with Gasteiger partial charge in [-0.25, -0.2) is 0 Å². The lowest BCUT2D eigenvalue weighted by Gasteiger charge is -2.44. The molecule has 2 nitrogen and oxygen atoms in total. The summed E-state index contributed by atoms with van der Waals surface area (Å²) in [5, 5.41) is 0. The number of benzene rings is 4. The van der Waals surface area contributed by atoms with Gasteiger partial charge in [0.05, 0.1) is 7.11 Å². The first-order valence-electron chi connectivity index (χ1n) is 17.2. The van der Waals surface area contributed by atoms with Gasteiger partial charge in [-0.1, -0.05) is 205 Å². The SMILES string of the molecule is CCCCCCCCCCCCCCCC(=O)OC.c1ccc([B-](c2ccccc2)(c2ccccc2)c2ccccc2)cc1. The van der Waals surface area contributed by atoms with Crippen LogP contribution < -0.4 is 21.9 Å². The Morgan fingerprint density at radius 2 is 0.727 bits per heavy atom. The molecule has 0 aromatic heterocycles. The normalized spacial score (nSPS) is 11.0. The predicted octanol–water partition coefficient (Wildman–Crippen LogP) is 8.70. The Hall–Kier alpha value is -3.59. The second-order valence-electron chi connectivity index (χ2n) is 12.1. The van der Waals surface area contributed by atoms with Crippen molar-refractivity contribution in [3.8, 4) is 0 Å². The third-order valence-electron chi connectivity index (χ3n) is 8.91. The molecule has 0 heterocycles. The third kappa shape index (κ3) is 11.2. The average Bonchev–Trinajstić information content (AvgIpc) is 3.09. The summed E-state index contributed by atoms with van der Waals surface area (Å²) in [4.78, 5) is 10.9. The van der Waals surface area contributed by atoms with Crippen LogP contribution in [0, 0.1) is 0 Å². The van der Waals surface area contributed by atoms with Crippen molar-refractivity contribution in [1.82, 2.24) is 0 Å². The van der Waals surface area contributed by atoms with E-state index in [2.05, 4.69) is 133 Å². The topological polar surface area (TPSA) is 26.3 Å². The van der Waals surface area contributed by atoms with Crippen LogP contribution in [0.1, 0.15) is 96.8 Å². The van der Waals surface area contributed by atoms with Crippen LogP contribution in [0.15, 0.2) is 121 Å². The molecule has 0 bridgehead atoms. The van der Waals surface area contributed by atoms with Crippen molar-refractivity contribution >= 4 is 34.0 Å². The summed E-state index contributed by atoms with van der Waals surface area (Å²) >= 11 is 0. The summed E-state index contributed by atoms with van der Waals surface area (Å²) in [6.45, 7) is 2.27. The Morgan fingerprint density at radius 1 is 0.455 bits per heavy atom. The molecule has 0 atom stereocenters.